The molecule has 1 aromatic rings. The molecular weight excluding hydrogens is 296 g/mol. The normalized spacial score (nSPS) is 16.3. The zero-order chi connectivity index (χ0) is 15.1. The Kier molecular flexibility index (Phi) is 6.48. The van der Waals surface area contributed by atoms with E-state index in [-0.39, 0.29) is 11.4 Å². The van der Waals surface area contributed by atoms with E-state index in [1.165, 1.54) is 32.1 Å². The van der Waals surface area contributed by atoms with Gasteiger partial charge in [-0.3, -0.25) is 9.89 Å². The maximum Gasteiger partial charge on any atom is 0.279 e. The predicted molar refractivity (Wildman–Crippen MR) is 79.8 cm³/mol. The summed E-state index contributed by atoms with van der Waals surface area (Å²) in [7, 11) is 0. The van der Waals surface area contributed by atoms with E-state index in [4.69, 9.17) is 0 Å². The number of carbonyl (C=O) groups excluding carboxylic acids is 1. The number of H-pyrrole nitrogens is 1. The van der Waals surface area contributed by atoms with Crippen LogP contribution in [0.1, 0.15) is 61.1 Å². The van der Waals surface area contributed by atoms with Crippen LogP contribution in [0.15, 0.2) is 6.07 Å². The van der Waals surface area contributed by atoms with Gasteiger partial charge in [0.25, 0.3) is 12.3 Å². The van der Waals surface area contributed by atoms with Crippen LogP contribution in [0, 0.1) is 0 Å². The van der Waals surface area contributed by atoms with Crippen LogP contribution in [0.3, 0.4) is 0 Å². The summed E-state index contributed by atoms with van der Waals surface area (Å²) in [6.07, 6.45) is 4.89. The minimum absolute atomic E-state index is 0.0187. The Balaban J connectivity index is 1.60. The van der Waals surface area contributed by atoms with Crippen molar-refractivity contribution in [2.45, 2.75) is 50.2 Å². The monoisotopic (exact) mass is 317 g/mol. The molecule has 0 aromatic carbocycles. The molecule has 1 fully saturated rings. The minimum Gasteiger partial charge on any atom is -0.351 e. The highest BCUT2D eigenvalue weighted by molar-refractivity contribution is 7.99. The van der Waals surface area contributed by atoms with Gasteiger partial charge in [-0.25, -0.2) is 8.78 Å². The zero-order valence-electron chi connectivity index (χ0n) is 11.9. The van der Waals surface area contributed by atoms with Crippen molar-refractivity contribution >= 4 is 17.7 Å². The standard InChI is InChI=1S/C14H21F2N3OS/c15-13(16)11-9-12(19-18-11)14(20)17-7-4-8-21-10-5-2-1-3-6-10/h9-10,13H,1-8H2,(H,17,20)(H,18,19). The molecule has 2 N–H and O–H groups in total. The summed E-state index contributed by atoms with van der Waals surface area (Å²) in [5.41, 5.74) is -0.307. The molecule has 0 radical (unpaired) electrons. The highest BCUT2D eigenvalue weighted by Gasteiger charge is 2.16. The lowest BCUT2D eigenvalue weighted by molar-refractivity contribution is 0.0949. The molecule has 1 amide bonds. The number of carbonyl (C=O) groups is 1. The number of thioether (sulfide) groups is 1. The molecule has 0 bridgehead atoms. The number of nitrogens with one attached hydrogen (secondary N) is 2. The van der Waals surface area contributed by atoms with Crippen molar-refractivity contribution in [1.82, 2.24) is 15.5 Å². The summed E-state index contributed by atoms with van der Waals surface area (Å²) in [5, 5.41) is 9.24. The van der Waals surface area contributed by atoms with Crippen LogP contribution in [0.2, 0.25) is 0 Å². The molecular formula is C14H21F2N3OS. The molecule has 0 aliphatic heterocycles. The molecule has 0 atom stereocenters. The fourth-order valence-corrected chi connectivity index (χ4v) is 3.72. The van der Waals surface area contributed by atoms with Crippen LogP contribution in [0.5, 0.6) is 0 Å². The highest BCUT2D eigenvalue weighted by atomic mass is 32.2. The van der Waals surface area contributed by atoms with Crippen LogP contribution in [0.25, 0.3) is 0 Å². The Labute approximate surface area is 127 Å². The van der Waals surface area contributed by atoms with Crippen LogP contribution in [0.4, 0.5) is 8.78 Å². The Morgan fingerprint density at radius 2 is 2.19 bits per heavy atom. The first-order valence-electron chi connectivity index (χ1n) is 7.40. The second-order valence-corrected chi connectivity index (χ2v) is 6.66. The van der Waals surface area contributed by atoms with Crippen molar-refractivity contribution in [3.63, 3.8) is 0 Å². The van der Waals surface area contributed by atoms with Gasteiger partial charge in [-0.1, -0.05) is 19.3 Å². The number of amides is 1. The smallest absolute Gasteiger partial charge is 0.279 e. The second-order valence-electron chi connectivity index (χ2n) is 5.25. The first-order valence-corrected chi connectivity index (χ1v) is 8.45. The van der Waals surface area contributed by atoms with Crippen molar-refractivity contribution in [3.05, 3.63) is 17.5 Å². The van der Waals surface area contributed by atoms with Crippen LogP contribution in [-0.4, -0.2) is 33.7 Å². The summed E-state index contributed by atoms with van der Waals surface area (Å²) < 4.78 is 24.7. The number of hydrogen-bond acceptors (Lipinski definition) is 3. The van der Waals surface area contributed by atoms with Crippen molar-refractivity contribution in [3.8, 4) is 0 Å². The van der Waals surface area contributed by atoms with Gasteiger partial charge in [-0.15, -0.1) is 0 Å². The molecule has 118 valence electrons. The quantitative estimate of drug-likeness (QED) is 0.756. The van der Waals surface area contributed by atoms with Gasteiger partial charge < -0.3 is 5.32 Å². The number of aromatic nitrogens is 2. The summed E-state index contributed by atoms with van der Waals surface area (Å²) in [5.74, 6) is 0.620. The average molecular weight is 317 g/mol. The summed E-state index contributed by atoms with van der Waals surface area (Å²) in [6.45, 7) is 0.551. The predicted octanol–water partition coefficient (Wildman–Crippen LogP) is 3.53. The van der Waals surface area contributed by atoms with Crippen molar-refractivity contribution in [2.75, 3.05) is 12.3 Å². The molecule has 7 heteroatoms. The van der Waals surface area contributed by atoms with Gasteiger partial charge in [-0.2, -0.15) is 16.9 Å². The summed E-state index contributed by atoms with van der Waals surface area (Å²) in [4.78, 5) is 11.7. The minimum atomic E-state index is -2.63. The molecule has 21 heavy (non-hydrogen) atoms. The molecule has 1 heterocycles. The number of rotatable bonds is 7. The lowest BCUT2D eigenvalue weighted by atomic mass is 10.0. The van der Waals surface area contributed by atoms with E-state index in [1.807, 2.05) is 11.8 Å². The molecule has 0 spiro atoms. The Morgan fingerprint density at radius 3 is 2.86 bits per heavy atom. The van der Waals surface area contributed by atoms with Gasteiger partial charge in [0.2, 0.25) is 0 Å². The third kappa shape index (κ3) is 5.30. The number of hydrogen-bond donors (Lipinski definition) is 2. The van der Waals surface area contributed by atoms with E-state index in [1.54, 1.807) is 0 Å². The first kappa shape index (κ1) is 16.3. The summed E-state index contributed by atoms with van der Waals surface area (Å²) >= 11 is 1.98. The lowest BCUT2D eigenvalue weighted by Crippen LogP contribution is -2.25. The lowest BCUT2D eigenvalue weighted by Gasteiger charge is -2.20. The SMILES string of the molecule is O=C(NCCCSC1CCCCC1)c1cc(C(F)F)[nH]n1. The van der Waals surface area contributed by atoms with E-state index in [9.17, 15) is 13.6 Å². The second kappa shape index (κ2) is 8.36. The number of alkyl halides is 2. The fourth-order valence-electron chi connectivity index (χ4n) is 2.41. The third-order valence-electron chi connectivity index (χ3n) is 3.58. The molecule has 0 saturated heterocycles. The van der Waals surface area contributed by atoms with Crippen LogP contribution in [-0.2, 0) is 0 Å². The summed E-state index contributed by atoms with van der Waals surface area (Å²) in [6, 6.07) is 1.09. The van der Waals surface area contributed by atoms with Crippen molar-refractivity contribution in [1.29, 1.82) is 0 Å². The van der Waals surface area contributed by atoms with E-state index >= 15 is 0 Å². The molecule has 1 aliphatic carbocycles. The van der Waals surface area contributed by atoms with Crippen LogP contribution >= 0.6 is 11.8 Å². The highest BCUT2D eigenvalue weighted by Crippen LogP contribution is 2.28. The number of aromatic amines is 1. The molecule has 0 unspecified atom stereocenters. The Morgan fingerprint density at radius 1 is 1.43 bits per heavy atom. The van der Waals surface area contributed by atoms with Gasteiger partial charge in [0.05, 0.1) is 0 Å². The van der Waals surface area contributed by atoms with Gasteiger partial charge in [-0.05, 0) is 31.1 Å². The maximum absolute atomic E-state index is 12.4. The fraction of sp³-hybridized carbons (Fsp3) is 0.714. The van der Waals surface area contributed by atoms with E-state index < -0.39 is 12.3 Å². The Bertz CT molecular complexity index is 447. The van der Waals surface area contributed by atoms with E-state index in [0.29, 0.717) is 6.54 Å². The Hall–Kier alpha value is -1.11. The third-order valence-corrected chi connectivity index (χ3v) is 5.05. The van der Waals surface area contributed by atoms with Crippen molar-refractivity contribution in [2.24, 2.45) is 0 Å². The maximum atomic E-state index is 12.4. The van der Waals surface area contributed by atoms with Gasteiger partial charge in [0, 0.05) is 11.8 Å². The molecule has 4 nitrogen and oxygen atoms in total. The molecule has 1 aromatic heterocycles. The van der Waals surface area contributed by atoms with Gasteiger partial charge in [0.15, 0.2) is 0 Å². The zero-order valence-corrected chi connectivity index (χ0v) is 12.7. The van der Waals surface area contributed by atoms with Crippen molar-refractivity contribution < 1.29 is 13.6 Å². The van der Waals surface area contributed by atoms with E-state index in [2.05, 4.69) is 15.5 Å². The number of halogens is 2. The molecule has 1 aliphatic rings. The number of nitrogens with zero attached hydrogens (tertiary/aromatic N) is 1. The van der Waals surface area contributed by atoms with E-state index in [0.717, 1.165) is 23.5 Å². The average Bonchev–Trinajstić information content (AvgIpc) is 2.98. The topological polar surface area (TPSA) is 57.8 Å². The molecule has 2 rings (SSSR count). The first-order chi connectivity index (χ1) is 10.2. The van der Waals surface area contributed by atoms with Crippen LogP contribution < -0.4 is 5.32 Å². The van der Waals surface area contributed by atoms with Gasteiger partial charge in [0.1, 0.15) is 11.4 Å². The molecule has 1 saturated carbocycles. The largest absolute Gasteiger partial charge is 0.351 e. The van der Waals surface area contributed by atoms with Gasteiger partial charge >= 0.3 is 0 Å².